The highest BCUT2D eigenvalue weighted by molar-refractivity contribution is 6.34. The number of carbonyl (C=O) groups is 1. The SMILES string of the molecule is Cc1ccc(F)c(C(=O)N2CCC3(CC2)[C@@H](O)C[C@H]3OCCO)c1Cl. The van der Waals surface area contributed by atoms with Crippen LogP contribution in [0, 0.1) is 18.2 Å². The van der Waals surface area contributed by atoms with E-state index in [1.165, 1.54) is 6.07 Å². The predicted molar refractivity (Wildman–Crippen MR) is 91.2 cm³/mol. The molecule has 0 aromatic heterocycles. The smallest absolute Gasteiger partial charge is 0.258 e. The molecule has 0 radical (unpaired) electrons. The van der Waals surface area contributed by atoms with Crippen molar-refractivity contribution in [2.24, 2.45) is 5.41 Å². The van der Waals surface area contributed by atoms with Crippen LogP contribution in [-0.2, 0) is 4.74 Å². The Morgan fingerprint density at radius 1 is 1.44 bits per heavy atom. The Labute approximate surface area is 151 Å². The molecule has 1 spiro atoms. The summed E-state index contributed by atoms with van der Waals surface area (Å²) in [6.45, 7) is 2.75. The number of halogens is 2. The van der Waals surface area contributed by atoms with E-state index in [0.29, 0.717) is 37.9 Å². The molecule has 1 aliphatic heterocycles. The lowest BCUT2D eigenvalue weighted by atomic mass is 9.58. The first kappa shape index (κ1) is 18.6. The fourth-order valence-corrected chi connectivity index (χ4v) is 4.18. The maximum atomic E-state index is 14.1. The summed E-state index contributed by atoms with van der Waals surface area (Å²) in [5, 5.41) is 19.3. The Balaban J connectivity index is 1.70. The van der Waals surface area contributed by atoms with Gasteiger partial charge in [0.15, 0.2) is 0 Å². The summed E-state index contributed by atoms with van der Waals surface area (Å²) in [5.74, 6) is -1.03. The van der Waals surface area contributed by atoms with E-state index in [4.69, 9.17) is 21.4 Å². The molecule has 1 saturated carbocycles. The molecule has 1 heterocycles. The van der Waals surface area contributed by atoms with E-state index in [0.717, 1.165) is 0 Å². The van der Waals surface area contributed by atoms with Gasteiger partial charge in [0.2, 0.25) is 0 Å². The Kier molecular flexibility index (Phi) is 5.34. The number of benzene rings is 1. The van der Waals surface area contributed by atoms with Crippen molar-refractivity contribution in [2.75, 3.05) is 26.3 Å². The van der Waals surface area contributed by atoms with Crippen LogP contribution < -0.4 is 0 Å². The van der Waals surface area contributed by atoms with Crippen molar-refractivity contribution >= 4 is 17.5 Å². The van der Waals surface area contributed by atoms with Gasteiger partial charge in [-0.2, -0.15) is 0 Å². The quantitative estimate of drug-likeness (QED) is 0.850. The minimum absolute atomic E-state index is 0.0571. The zero-order valence-corrected chi connectivity index (χ0v) is 14.9. The van der Waals surface area contributed by atoms with Gasteiger partial charge >= 0.3 is 0 Å². The third kappa shape index (κ3) is 3.16. The molecule has 5 nitrogen and oxygen atoms in total. The third-order valence-electron chi connectivity index (χ3n) is 5.63. The van der Waals surface area contributed by atoms with Crippen molar-refractivity contribution in [1.82, 2.24) is 4.90 Å². The number of hydrogen-bond donors (Lipinski definition) is 2. The van der Waals surface area contributed by atoms with Crippen molar-refractivity contribution in [3.63, 3.8) is 0 Å². The minimum Gasteiger partial charge on any atom is -0.394 e. The molecule has 138 valence electrons. The fraction of sp³-hybridized carbons (Fsp3) is 0.611. The number of likely N-dealkylation sites (tertiary alicyclic amines) is 1. The Morgan fingerprint density at radius 3 is 2.72 bits per heavy atom. The van der Waals surface area contributed by atoms with Crippen molar-refractivity contribution in [3.05, 3.63) is 34.1 Å². The standard InChI is InChI=1S/C18H23ClFNO4/c1-11-2-3-12(20)15(16(11)19)17(24)21-6-4-18(5-7-21)13(23)10-14(18)25-9-8-22/h2-3,13-14,22-23H,4-10H2,1H3/t13-,14+/m0/s1. The highest BCUT2D eigenvalue weighted by Gasteiger charge is 2.56. The molecule has 1 saturated heterocycles. The lowest BCUT2D eigenvalue weighted by Crippen LogP contribution is -2.62. The lowest BCUT2D eigenvalue weighted by Gasteiger charge is -2.56. The van der Waals surface area contributed by atoms with Crippen LogP contribution in [0.1, 0.15) is 35.2 Å². The zero-order chi connectivity index (χ0) is 18.2. The number of carbonyl (C=O) groups excluding carboxylic acids is 1. The van der Waals surface area contributed by atoms with Gasteiger partial charge in [-0.25, -0.2) is 4.39 Å². The van der Waals surface area contributed by atoms with Crippen LogP contribution in [0.5, 0.6) is 0 Å². The van der Waals surface area contributed by atoms with Crippen LogP contribution in [0.2, 0.25) is 5.02 Å². The topological polar surface area (TPSA) is 70.0 Å². The molecule has 1 aromatic carbocycles. The molecule has 2 aliphatic rings. The van der Waals surface area contributed by atoms with E-state index in [-0.39, 0.29) is 35.3 Å². The molecule has 3 rings (SSSR count). The van der Waals surface area contributed by atoms with E-state index >= 15 is 0 Å². The monoisotopic (exact) mass is 371 g/mol. The van der Waals surface area contributed by atoms with E-state index in [1.807, 2.05) is 0 Å². The van der Waals surface area contributed by atoms with Crippen LogP contribution in [0.3, 0.4) is 0 Å². The first-order valence-electron chi connectivity index (χ1n) is 8.55. The molecule has 7 heteroatoms. The average molecular weight is 372 g/mol. The van der Waals surface area contributed by atoms with E-state index < -0.39 is 17.8 Å². The number of amides is 1. The van der Waals surface area contributed by atoms with Gasteiger partial charge in [-0.3, -0.25) is 4.79 Å². The van der Waals surface area contributed by atoms with Gasteiger partial charge in [-0.15, -0.1) is 0 Å². The first-order valence-corrected chi connectivity index (χ1v) is 8.93. The number of piperidine rings is 1. The van der Waals surface area contributed by atoms with Gasteiger partial charge in [0.1, 0.15) is 5.82 Å². The van der Waals surface area contributed by atoms with Crippen molar-refractivity contribution in [3.8, 4) is 0 Å². The van der Waals surface area contributed by atoms with Gasteiger partial charge in [0.25, 0.3) is 5.91 Å². The summed E-state index contributed by atoms with van der Waals surface area (Å²) in [6.07, 6.45) is 1.15. The summed E-state index contributed by atoms with van der Waals surface area (Å²) in [7, 11) is 0. The number of rotatable bonds is 4. The zero-order valence-electron chi connectivity index (χ0n) is 14.2. The Morgan fingerprint density at radius 2 is 2.12 bits per heavy atom. The van der Waals surface area contributed by atoms with E-state index in [1.54, 1.807) is 17.9 Å². The Hall–Kier alpha value is -1.21. The molecule has 2 N–H and O–H groups in total. The van der Waals surface area contributed by atoms with Crippen molar-refractivity contribution in [2.45, 2.75) is 38.4 Å². The first-order chi connectivity index (χ1) is 11.9. The predicted octanol–water partition coefficient (Wildman–Crippen LogP) is 2.15. The van der Waals surface area contributed by atoms with Crippen LogP contribution in [0.25, 0.3) is 0 Å². The summed E-state index contributed by atoms with van der Waals surface area (Å²) in [5.41, 5.74) is 0.201. The molecule has 1 aromatic rings. The van der Waals surface area contributed by atoms with Gasteiger partial charge in [0, 0.05) is 24.9 Å². The minimum atomic E-state index is -0.617. The highest BCUT2D eigenvalue weighted by Crippen LogP contribution is 2.51. The van der Waals surface area contributed by atoms with Crippen LogP contribution in [-0.4, -0.2) is 59.5 Å². The van der Waals surface area contributed by atoms with Gasteiger partial charge in [0.05, 0.1) is 36.0 Å². The van der Waals surface area contributed by atoms with Gasteiger partial charge < -0.3 is 19.8 Å². The molecule has 2 atom stereocenters. The highest BCUT2D eigenvalue weighted by atomic mass is 35.5. The number of hydrogen-bond acceptors (Lipinski definition) is 4. The summed E-state index contributed by atoms with van der Waals surface area (Å²) in [4.78, 5) is 14.3. The normalized spacial score (nSPS) is 25.1. The molecule has 1 amide bonds. The van der Waals surface area contributed by atoms with Crippen molar-refractivity contribution < 1.29 is 24.1 Å². The third-order valence-corrected chi connectivity index (χ3v) is 6.12. The van der Waals surface area contributed by atoms with Gasteiger partial charge in [-0.1, -0.05) is 17.7 Å². The second-order valence-electron chi connectivity index (χ2n) is 6.91. The molecule has 25 heavy (non-hydrogen) atoms. The molecule has 0 bridgehead atoms. The maximum absolute atomic E-state index is 14.1. The van der Waals surface area contributed by atoms with Crippen LogP contribution in [0.4, 0.5) is 4.39 Å². The summed E-state index contributed by atoms with van der Waals surface area (Å²) >= 11 is 6.14. The average Bonchev–Trinajstić information content (AvgIpc) is 2.62. The van der Waals surface area contributed by atoms with Crippen LogP contribution in [0.15, 0.2) is 12.1 Å². The number of ether oxygens (including phenoxy) is 1. The Bertz CT molecular complexity index is 661. The second kappa shape index (κ2) is 7.19. The van der Waals surface area contributed by atoms with E-state index in [9.17, 15) is 14.3 Å². The molecular weight excluding hydrogens is 349 g/mol. The molecule has 1 aliphatic carbocycles. The molecule has 2 fully saturated rings. The second-order valence-corrected chi connectivity index (χ2v) is 7.29. The van der Waals surface area contributed by atoms with E-state index in [2.05, 4.69) is 0 Å². The lowest BCUT2D eigenvalue weighted by molar-refractivity contribution is -0.211. The fourth-order valence-electron chi connectivity index (χ4n) is 3.95. The number of nitrogens with zero attached hydrogens (tertiary/aromatic N) is 1. The largest absolute Gasteiger partial charge is 0.394 e. The number of aliphatic hydroxyl groups is 2. The molecule has 0 unspecified atom stereocenters. The number of aliphatic hydroxyl groups excluding tert-OH is 2. The maximum Gasteiger partial charge on any atom is 0.258 e. The summed E-state index contributed by atoms with van der Waals surface area (Å²) in [6, 6.07) is 2.81. The van der Waals surface area contributed by atoms with Crippen LogP contribution >= 0.6 is 11.6 Å². The van der Waals surface area contributed by atoms with Crippen molar-refractivity contribution in [1.29, 1.82) is 0 Å². The molecular formula is C18H23ClFNO4. The summed E-state index contributed by atoms with van der Waals surface area (Å²) < 4.78 is 19.7. The number of aryl methyl sites for hydroxylation is 1. The van der Waals surface area contributed by atoms with Gasteiger partial charge in [-0.05, 0) is 31.4 Å².